The van der Waals surface area contributed by atoms with Crippen LogP contribution in [0.5, 0.6) is 5.75 Å². The predicted molar refractivity (Wildman–Crippen MR) is 89.3 cm³/mol. The normalized spacial score (nSPS) is 11.4. The molecule has 0 saturated heterocycles. The van der Waals surface area contributed by atoms with Crippen molar-refractivity contribution >= 4 is 18.3 Å². The second-order valence-electron chi connectivity index (χ2n) is 5.10. The summed E-state index contributed by atoms with van der Waals surface area (Å²) in [5.41, 5.74) is 6.29. The first-order valence-electron chi connectivity index (χ1n) is 7.40. The van der Waals surface area contributed by atoms with Crippen molar-refractivity contribution in [3.8, 4) is 5.75 Å². The summed E-state index contributed by atoms with van der Waals surface area (Å²) in [6, 6.07) is 7.36. The van der Waals surface area contributed by atoms with E-state index in [9.17, 15) is 4.79 Å². The van der Waals surface area contributed by atoms with Gasteiger partial charge >= 0.3 is 0 Å². The van der Waals surface area contributed by atoms with Crippen LogP contribution in [0.4, 0.5) is 0 Å². The Kier molecular flexibility index (Phi) is 10.7. The maximum Gasteiger partial charge on any atom is 0.251 e. The number of benzene rings is 1. The Morgan fingerprint density at radius 2 is 1.95 bits per heavy atom. The van der Waals surface area contributed by atoms with Gasteiger partial charge in [0.1, 0.15) is 5.75 Å². The summed E-state index contributed by atoms with van der Waals surface area (Å²) in [5.74, 6) is 0.747. The number of hydrogen-bond acceptors (Lipinski definition) is 3. The number of unbranched alkanes of at least 4 members (excludes halogenated alkanes) is 2. The highest BCUT2D eigenvalue weighted by atomic mass is 35.5. The number of hydrogen-bond donors (Lipinski definition) is 2. The van der Waals surface area contributed by atoms with Crippen molar-refractivity contribution in [3.63, 3.8) is 0 Å². The fourth-order valence-corrected chi connectivity index (χ4v) is 1.76. The van der Waals surface area contributed by atoms with Crippen LogP contribution in [0.25, 0.3) is 0 Å². The number of amides is 1. The molecule has 0 aliphatic carbocycles. The van der Waals surface area contributed by atoms with Crippen LogP contribution in [0.3, 0.4) is 0 Å². The van der Waals surface area contributed by atoms with E-state index in [1.807, 2.05) is 19.1 Å². The van der Waals surface area contributed by atoms with Gasteiger partial charge in [0.2, 0.25) is 0 Å². The van der Waals surface area contributed by atoms with Crippen molar-refractivity contribution in [2.45, 2.75) is 45.6 Å². The van der Waals surface area contributed by atoms with Crippen LogP contribution < -0.4 is 15.8 Å². The molecule has 0 heterocycles. The highest BCUT2D eigenvalue weighted by molar-refractivity contribution is 5.94. The Balaban J connectivity index is 0.00000400. The molecule has 0 bridgehead atoms. The summed E-state index contributed by atoms with van der Waals surface area (Å²) in [4.78, 5) is 11.8. The molecule has 0 radical (unpaired) electrons. The van der Waals surface area contributed by atoms with E-state index >= 15 is 0 Å². The van der Waals surface area contributed by atoms with Gasteiger partial charge in [0, 0.05) is 18.2 Å². The molecule has 1 aromatic rings. The maximum absolute atomic E-state index is 11.8. The summed E-state index contributed by atoms with van der Waals surface area (Å²) >= 11 is 0. The third-order valence-corrected chi connectivity index (χ3v) is 3.02. The zero-order valence-corrected chi connectivity index (χ0v) is 13.7. The third kappa shape index (κ3) is 8.58. The standard InChI is InChI=1S/C16H26N2O2.ClH/c1-3-4-5-12-20-15-8-6-14(7-9-15)16(19)18-11-10-13(2)17;/h6-9,13H,3-5,10-12,17H2,1-2H3,(H,18,19);1H. The lowest BCUT2D eigenvalue weighted by atomic mass is 10.2. The molecule has 3 N–H and O–H groups in total. The lowest BCUT2D eigenvalue weighted by Crippen LogP contribution is -2.28. The van der Waals surface area contributed by atoms with Gasteiger partial charge in [0.15, 0.2) is 0 Å². The summed E-state index contributed by atoms with van der Waals surface area (Å²) in [6.45, 7) is 5.43. The zero-order chi connectivity index (χ0) is 14.8. The van der Waals surface area contributed by atoms with E-state index in [1.54, 1.807) is 12.1 Å². The lowest BCUT2D eigenvalue weighted by molar-refractivity contribution is 0.0953. The Morgan fingerprint density at radius 1 is 1.29 bits per heavy atom. The fraction of sp³-hybridized carbons (Fsp3) is 0.562. The molecule has 0 saturated carbocycles. The van der Waals surface area contributed by atoms with E-state index in [-0.39, 0.29) is 24.4 Å². The number of nitrogens with two attached hydrogens (primary N) is 1. The van der Waals surface area contributed by atoms with Crippen LogP contribution in [-0.2, 0) is 0 Å². The second kappa shape index (κ2) is 11.4. The highest BCUT2D eigenvalue weighted by Crippen LogP contribution is 2.13. The van der Waals surface area contributed by atoms with Crippen LogP contribution in [0.2, 0.25) is 0 Å². The molecule has 0 spiro atoms. The largest absolute Gasteiger partial charge is 0.494 e. The number of nitrogens with one attached hydrogen (secondary N) is 1. The molecule has 0 fully saturated rings. The van der Waals surface area contributed by atoms with Gasteiger partial charge < -0.3 is 15.8 Å². The summed E-state index contributed by atoms with van der Waals surface area (Å²) < 4.78 is 5.61. The number of carbonyl (C=O) groups is 1. The second-order valence-corrected chi connectivity index (χ2v) is 5.10. The van der Waals surface area contributed by atoms with Crippen molar-refractivity contribution < 1.29 is 9.53 Å². The number of ether oxygens (including phenoxy) is 1. The van der Waals surface area contributed by atoms with Crippen molar-refractivity contribution in [2.75, 3.05) is 13.2 Å². The molecule has 5 heteroatoms. The summed E-state index contributed by atoms with van der Waals surface area (Å²) in [6.07, 6.45) is 4.21. The van der Waals surface area contributed by atoms with Gasteiger partial charge in [-0.05, 0) is 44.0 Å². The summed E-state index contributed by atoms with van der Waals surface area (Å²) in [5, 5.41) is 2.85. The molecule has 4 nitrogen and oxygen atoms in total. The minimum atomic E-state index is -0.0665. The highest BCUT2D eigenvalue weighted by Gasteiger charge is 2.05. The van der Waals surface area contributed by atoms with Gasteiger partial charge in [0.05, 0.1) is 6.61 Å². The molecule has 21 heavy (non-hydrogen) atoms. The zero-order valence-electron chi connectivity index (χ0n) is 12.9. The summed E-state index contributed by atoms with van der Waals surface area (Å²) in [7, 11) is 0. The Labute approximate surface area is 133 Å². The van der Waals surface area contributed by atoms with Crippen LogP contribution in [-0.4, -0.2) is 25.1 Å². The smallest absolute Gasteiger partial charge is 0.251 e. The fourth-order valence-electron chi connectivity index (χ4n) is 1.76. The van der Waals surface area contributed by atoms with Crippen LogP contribution in [0.1, 0.15) is 49.9 Å². The average molecular weight is 315 g/mol. The van der Waals surface area contributed by atoms with Crippen LogP contribution >= 0.6 is 12.4 Å². The maximum atomic E-state index is 11.8. The van der Waals surface area contributed by atoms with Crippen LogP contribution in [0, 0.1) is 0 Å². The Morgan fingerprint density at radius 3 is 2.52 bits per heavy atom. The van der Waals surface area contributed by atoms with Crippen molar-refractivity contribution in [1.29, 1.82) is 0 Å². The van der Waals surface area contributed by atoms with Gasteiger partial charge in [-0.3, -0.25) is 4.79 Å². The number of halogens is 1. The molecule has 0 aliphatic heterocycles. The van der Waals surface area contributed by atoms with Crippen molar-refractivity contribution in [3.05, 3.63) is 29.8 Å². The lowest BCUT2D eigenvalue weighted by Gasteiger charge is -2.09. The molecular weight excluding hydrogens is 288 g/mol. The number of rotatable bonds is 9. The van der Waals surface area contributed by atoms with Gasteiger partial charge in [-0.2, -0.15) is 0 Å². The molecule has 1 unspecified atom stereocenters. The Bertz CT molecular complexity index is 394. The molecule has 1 amide bonds. The van der Waals surface area contributed by atoms with Gasteiger partial charge in [-0.1, -0.05) is 19.8 Å². The average Bonchev–Trinajstić information content (AvgIpc) is 2.44. The van der Waals surface area contributed by atoms with Gasteiger partial charge in [0.25, 0.3) is 5.91 Å². The number of carbonyl (C=O) groups excluding carboxylic acids is 1. The van der Waals surface area contributed by atoms with E-state index < -0.39 is 0 Å². The molecule has 0 aromatic heterocycles. The monoisotopic (exact) mass is 314 g/mol. The SMILES string of the molecule is CCCCCOc1ccc(C(=O)NCCC(C)N)cc1.Cl. The van der Waals surface area contributed by atoms with E-state index in [2.05, 4.69) is 12.2 Å². The molecule has 1 rings (SSSR count). The third-order valence-electron chi connectivity index (χ3n) is 3.02. The van der Waals surface area contributed by atoms with Crippen molar-refractivity contribution in [1.82, 2.24) is 5.32 Å². The molecule has 1 atom stereocenters. The predicted octanol–water partition coefficient (Wildman–Crippen LogP) is 3.14. The minimum absolute atomic E-state index is 0. The first-order valence-corrected chi connectivity index (χ1v) is 7.40. The van der Waals surface area contributed by atoms with E-state index in [0.29, 0.717) is 12.1 Å². The van der Waals surface area contributed by atoms with E-state index in [4.69, 9.17) is 10.5 Å². The molecule has 1 aromatic carbocycles. The van der Waals surface area contributed by atoms with Crippen LogP contribution in [0.15, 0.2) is 24.3 Å². The van der Waals surface area contributed by atoms with E-state index in [0.717, 1.165) is 25.2 Å². The van der Waals surface area contributed by atoms with Crippen molar-refractivity contribution in [2.24, 2.45) is 5.73 Å². The minimum Gasteiger partial charge on any atom is -0.494 e. The molecule has 0 aliphatic rings. The Hall–Kier alpha value is -1.26. The molecular formula is C16H27ClN2O2. The molecule has 120 valence electrons. The quantitative estimate of drug-likeness (QED) is 0.688. The van der Waals surface area contributed by atoms with Gasteiger partial charge in [-0.15, -0.1) is 12.4 Å². The first kappa shape index (κ1) is 19.7. The topological polar surface area (TPSA) is 64.3 Å². The van der Waals surface area contributed by atoms with Gasteiger partial charge in [-0.25, -0.2) is 0 Å². The van der Waals surface area contributed by atoms with E-state index in [1.165, 1.54) is 12.8 Å². The first-order chi connectivity index (χ1) is 9.63.